The third-order valence-electron chi connectivity index (χ3n) is 2.18. The average Bonchev–Trinajstić information content (AvgIpc) is 2.65. The van der Waals surface area contributed by atoms with Crippen molar-refractivity contribution in [2.45, 2.75) is 0 Å². The zero-order valence-corrected chi connectivity index (χ0v) is 9.21. The van der Waals surface area contributed by atoms with E-state index >= 15 is 0 Å². The Morgan fingerprint density at radius 2 is 2.21 bits per heavy atom. The number of hydrogen-bond donors (Lipinski definition) is 1. The Hall–Kier alpha value is -0.810. The van der Waals surface area contributed by atoms with Gasteiger partial charge in [-0.25, -0.2) is 0 Å². The van der Waals surface area contributed by atoms with Crippen molar-refractivity contribution < 1.29 is 9.21 Å². The molecule has 0 spiro atoms. The summed E-state index contributed by atoms with van der Waals surface area (Å²) in [6.07, 6.45) is 1.52. The van der Waals surface area contributed by atoms with Crippen molar-refractivity contribution in [3.63, 3.8) is 0 Å². The number of carbonyl (C=O) groups excluding carboxylic acids is 1. The van der Waals surface area contributed by atoms with Gasteiger partial charge in [-0.1, -0.05) is 0 Å². The lowest BCUT2D eigenvalue weighted by Gasteiger charge is -2.26. The summed E-state index contributed by atoms with van der Waals surface area (Å²) in [5, 5.41) is 3.19. The van der Waals surface area contributed by atoms with Crippen molar-refractivity contribution in [3.8, 4) is 0 Å². The molecule has 1 fully saturated rings. The Balaban J connectivity index is 2.07. The van der Waals surface area contributed by atoms with Crippen LogP contribution in [0.15, 0.2) is 21.2 Å². The van der Waals surface area contributed by atoms with Crippen LogP contribution in [0.4, 0.5) is 0 Å². The summed E-state index contributed by atoms with van der Waals surface area (Å²) >= 11 is 3.25. The molecule has 5 heteroatoms. The summed E-state index contributed by atoms with van der Waals surface area (Å²) in [5.74, 6) is 0.371. The molecule has 2 rings (SSSR count). The number of amides is 1. The van der Waals surface area contributed by atoms with E-state index in [1.807, 2.05) is 0 Å². The maximum atomic E-state index is 11.8. The van der Waals surface area contributed by atoms with Crippen molar-refractivity contribution in [2.75, 3.05) is 26.2 Å². The van der Waals surface area contributed by atoms with E-state index < -0.39 is 0 Å². The summed E-state index contributed by atoms with van der Waals surface area (Å²) in [6.45, 7) is 3.20. The van der Waals surface area contributed by atoms with Gasteiger partial charge in [-0.2, -0.15) is 0 Å². The van der Waals surface area contributed by atoms with E-state index in [0.29, 0.717) is 5.76 Å². The number of piperazine rings is 1. The summed E-state index contributed by atoms with van der Waals surface area (Å²) in [6, 6.07) is 1.70. The SMILES string of the molecule is O=C(c1cc(Br)co1)N1CCNCC1. The van der Waals surface area contributed by atoms with E-state index in [1.54, 1.807) is 11.0 Å². The molecule has 1 aliphatic heterocycles. The Labute approximate surface area is 90.4 Å². The fourth-order valence-corrected chi connectivity index (χ4v) is 1.75. The largest absolute Gasteiger partial charge is 0.458 e. The van der Waals surface area contributed by atoms with E-state index in [4.69, 9.17) is 4.42 Å². The molecule has 0 saturated carbocycles. The van der Waals surface area contributed by atoms with Crippen molar-refractivity contribution in [1.29, 1.82) is 0 Å². The van der Waals surface area contributed by atoms with Gasteiger partial charge in [0.25, 0.3) is 5.91 Å². The first-order valence-corrected chi connectivity index (χ1v) is 5.31. The topological polar surface area (TPSA) is 45.5 Å². The number of rotatable bonds is 1. The van der Waals surface area contributed by atoms with E-state index in [9.17, 15) is 4.79 Å². The van der Waals surface area contributed by atoms with E-state index in [-0.39, 0.29) is 5.91 Å². The van der Waals surface area contributed by atoms with Gasteiger partial charge in [-0.15, -0.1) is 0 Å². The highest BCUT2D eigenvalue weighted by Crippen LogP contribution is 2.15. The van der Waals surface area contributed by atoms with Crippen molar-refractivity contribution in [1.82, 2.24) is 10.2 Å². The summed E-state index contributed by atoms with van der Waals surface area (Å²) < 4.78 is 5.92. The lowest BCUT2D eigenvalue weighted by atomic mass is 10.3. The van der Waals surface area contributed by atoms with Crippen LogP contribution in [0.3, 0.4) is 0 Å². The van der Waals surface area contributed by atoms with Gasteiger partial charge in [0.2, 0.25) is 0 Å². The molecule has 4 nitrogen and oxygen atoms in total. The molecular formula is C9H11BrN2O2. The highest BCUT2D eigenvalue weighted by atomic mass is 79.9. The highest BCUT2D eigenvalue weighted by Gasteiger charge is 2.20. The monoisotopic (exact) mass is 258 g/mol. The van der Waals surface area contributed by atoms with Crippen LogP contribution in [0.5, 0.6) is 0 Å². The van der Waals surface area contributed by atoms with Gasteiger partial charge in [0.15, 0.2) is 5.76 Å². The molecule has 1 N–H and O–H groups in total. The molecule has 0 aromatic carbocycles. The average molecular weight is 259 g/mol. The predicted octanol–water partition coefficient (Wildman–Crippen LogP) is 1.09. The predicted molar refractivity (Wildman–Crippen MR) is 55.2 cm³/mol. The van der Waals surface area contributed by atoms with Crippen LogP contribution in [-0.4, -0.2) is 37.0 Å². The second-order valence-corrected chi connectivity index (χ2v) is 4.09. The van der Waals surface area contributed by atoms with Crippen LogP contribution in [0.1, 0.15) is 10.6 Å². The van der Waals surface area contributed by atoms with Crippen LogP contribution in [-0.2, 0) is 0 Å². The van der Waals surface area contributed by atoms with Gasteiger partial charge >= 0.3 is 0 Å². The molecule has 0 bridgehead atoms. The van der Waals surface area contributed by atoms with Crippen LogP contribution >= 0.6 is 15.9 Å². The zero-order valence-electron chi connectivity index (χ0n) is 7.62. The first-order valence-electron chi connectivity index (χ1n) is 4.51. The standard InChI is InChI=1S/C9H11BrN2O2/c10-7-5-8(14-6-7)9(13)12-3-1-11-2-4-12/h5-6,11H,1-4H2. The zero-order chi connectivity index (χ0) is 9.97. The van der Waals surface area contributed by atoms with Crippen molar-refractivity contribution in [2.24, 2.45) is 0 Å². The molecule has 0 atom stereocenters. The third-order valence-corrected chi connectivity index (χ3v) is 2.60. The van der Waals surface area contributed by atoms with Gasteiger partial charge < -0.3 is 14.6 Å². The third kappa shape index (κ3) is 1.99. The normalized spacial score (nSPS) is 17.1. The molecular weight excluding hydrogens is 248 g/mol. The Bertz CT molecular complexity index is 331. The molecule has 1 amide bonds. The highest BCUT2D eigenvalue weighted by molar-refractivity contribution is 9.10. The van der Waals surface area contributed by atoms with Crippen LogP contribution in [0.2, 0.25) is 0 Å². The first kappa shape index (κ1) is 9.73. The number of furan rings is 1. The summed E-state index contributed by atoms with van der Waals surface area (Å²) in [7, 11) is 0. The molecule has 76 valence electrons. The lowest BCUT2D eigenvalue weighted by Crippen LogP contribution is -2.46. The molecule has 0 aliphatic carbocycles. The Kier molecular flexibility index (Phi) is 2.88. The number of carbonyl (C=O) groups is 1. The molecule has 0 unspecified atom stereocenters. The molecule has 14 heavy (non-hydrogen) atoms. The second-order valence-electron chi connectivity index (χ2n) is 3.17. The minimum atomic E-state index is -0.0304. The number of nitrogens with zero attached hydrogens (tertiary/aromatic N) is 1. The maximum Gasteiger partial charge on any atom is 0.289 e. The lowest BCUT2D eigenvalue weighted by molar-refractivity contribution is 0.0703. The number of halogens is 1. The fourth-order valence-electron chi connectivity index (χ4n) is 1.45. The first-order chi connectivity index (χ1) is 6.77. The van der Waals surface area contributed by atoms with Gasteiger partial charge in [-0.05, 0) is 15.9 Å². The smallest absolute Gasteiger partial charge is 0.289 e. The summed E-state index contributed by atoms with van der Waals surface area (Å²) in [4.78, 5) is 13.6. The van der Waals surface area contributed by atoms with Crippen molar-refractivity contribution >= 4 is 21.8 Å². The van der Waals surface area contributed by atoms with Gasteiger partial charge in [0, 0.05) is 32.2 Å². The maximum absolute atomic E-state index is 11.8. The molecule has 1 aromatic heterocycles. The summed E-state index contributed by atoms with van der Waals surface area (Å²) in [5.41, 5.74) is 0. The minimum Gasteiger partial charge on any atom is -0.458 e. The quantitative estimate of drug-likeness (QED) is 0.821. The Morgan fingerprint density at radius 1 is 1.50 bits per heavy atom. The minimum absolute atomic E-state index is 0.0304. The van der Waals surface area contributed by atoms with Crippen LogP contribution in [0.25, 0.3) is 0 Å². The Morgan fingerprint density at radius 3 is 2.79 bits per heavy atom. The number of nitrogens with one attached hydrogen (secondary N) is 1. The van der Waals surface area contributed by atoms with Gasteiger partial charge in [-0.3, -0.25) is 4.79 Å². The van der Waals surface area contributed by atoms with Gasteiger partial charge in [0.1, 0.15) is 6.26 Å². The van der Waals surface area contributed by atoms with E-state index in [0.717, 1.165) is 30.7 Å². The molecule has 2 heterocycles. The number of hydrogen-bond acceptors (Lipinski definition) is 3. The van der Waals surface area contributed by atoms with Crippen LogP contribution < -0.4 is 5.32 Å². The van der Waals surface area contributed by atoms with E-state index in [2.05, 4.69) is 21.2 Å². The fraction of sp³-hybridized carbons (Fsp3) is 0.444. The second kappa shape index (κ2) is 4.14. The molecule has 0 radical (unpaired) electrons. The molecule has 1 aliphatic rings. The van der Waals surface area contributed by atoms with E-state index in [1.165, 1.54) is 6.26 Å². The molecule has 1 saturated heterocycles. The molecule has 1 aromatic rings. The van der Waals surface area contributed by atoms with Gasteiger partial charge in [0.05, 0.1) is 4.47 Å². The van der Waals surface area contributed by atoms with Crippen molar-refractivity contribution in [3.05, 3.63) is 22.6 Å². The van der Waals surface area contributed by atoms with Crippen LogP contribution in [0, 0.1) is 0 Å².